The maximum absolute atomic E-state index is 13.2. The third-order valence-corrected chi connectivity index (χ3v) is 5.42. The van der Waals surface area contributed by atoms with Gasteiger partial charge in [0.2, 0.25) is 0 Å². The van der Waals surface area contributed by atoms with Crippen molar-refractivity contribution in [1.82, 2.24) is 14.9 Å². The van der Waals surface area contributed by atoms with Gasteiger partial charge in [-0.1, -0.05) is 58.4 Å². The second kappa shape index (κ2) is 9.05. The van der Waals surface area contributed by atoms with Crippen LogP contribution in [-0.4, -0.2) is 27.3 Å². The van der Waals surface area contributed by atoms with Crippen LogP contribution in [0.25, 0.3) is 10.9 Å². The van der Waals surface area contributed by atoms with Crippen molar-refractivity contribution in [3.05, 3.63) is 111 Å². The van der Waals surface area contributed by atoms with Crippen LogP contribution in [0.15, 0.2) is 88.1 Å². The molecule has 0 unspecified atom stereocenters. The Kier molecular flexibility index (Phi) is 6.05. The molecule has 4 aromatic rings. The van der Waals surface area contributed by atoms with E-state index in [4.69, 9.17) is 0 Å². The zero-order valence-electron chi connectivity index (χ0n) is 16.2. The summed E-state index contributed by atoms with van der Waals surface area (Å²) in [6.45, 7) is 0.733. The molecule has 0 saturated carbocycles. The molecule has 4 rings (SSSR count). The van der Waals surface area contributed by atoms with Crippen molar-refractivity contribution in [2.45, 2.75) is 13.0 Å². The Balaban J connectivity index is 1.63. The van der Waals surface area contributed by atoms with E-state index < -0.39 is 0 Å². The maximum Gasteiger partial charge on any atom is 0.258 e. The SMILES string of the molecule is O=C(c1ccc(Br)cc1)N(CCc1ccccc1)Cc1nc2ccccc2c(=O)[nH]1. The highest BCUT2D eigenvalue weighted by Crippen LogP contribution is 2.15. The summed E-state index contributed by atoms with van der Waals surface area (Å²) in [4.78, 5) is 34.8. The largest absolute Gasteiger partial charge is 0.331 e. The fraction of sp³-hybridized carbons (Fsp3) is 0.125. The van der Waals surface area contributed by atoms with Crippen LogP contribution in [0, 0.1) is 0 Å². The van der Waals surface area contributed by atoms with E-state index in [9.17, 15) is 9.59 Å². The first-order valence-corrected chi connectivity index (χ1v) is 10.5. The third-order valence-electron chi connectivity index (χ3n) is 4.89. The van der Waals surface area contributed by atoms with E-state index in [0.717, 1.165) is 10.0 Å². The minimum atomic E-state index is -0.199. The Labute approximate surface area is 182 Å². The van der Waals surface area contributed by atoms with E-state index in [-0.39, 0.29) is 18.0 Å². The van der Waals surface area contributed by atoms with E-state index in [0.29, 0.717) is 35.3 Å². The van der Waals surface area contributed by atoms with Crippen molar-refractivity contribution in [2.24, 2.45) is 0 Å². The van der Waals surface area contributed by atoms with E-state index in [1.165, 1.54) is 0 Å². The number of amides is 1. The number of nitrogens with one attached hydrogen (secondary N) is 1. The lowest BCUT2D eigenvalue weighted by Crippen LogP contribution is -2.34. The summed E-state index contributed by atoms with van der Waals surface area (Å²) in [7, 11) is 0. The molecule has 3 aromatic carbocycles. The molecular weight excluding hydrogens is 442 g/mol. The van der Waals surface area contributed by atoms with Crippen molar-refractivity contribution in [3.8, 4) is 0 Å². The maximum atomic E-state index is 13.2. The van der Waals surface area contributed by atoms with Crippen molar-refractivity contribution in [3.63, 3.8) is 0 Å². The fourth-order valence-electron chi connectivity index (χ4n) is 3.33. The fourth-order valence-corrected chi connectivity index (χ4v) is 3.59. The van der Waals surface area contributed by atoms with Gasteiger partial charge in [0.15, 0.2) is 0 Å². The molecule has 0 saturated heterocycles. The minimum absolute atomic E-state index is 0.103. The van der Waals surface area contributed by atoms with Crippen molar-refractivity contribution in [1.29, 1.82) is 0 Å². The molecule has 0 aliphatic carbocycles. The molecular formula is C24H20BrN3O2. The number of aromatic amines is 1. The standard InChI is InChI=1S/C24H20BrN3O2/c25-19-12-10-18(11-13-19)24(30)28(15-14-17-6-2-1-3-7-17)16-22-26-21-9-5-4-8-20(21)23(29)27-22/h1-13H,14-16H2,(H,26,27,29). The zero-order valence-corrected chi connectivity index (χ0v) is 17.8. The normalized spacial score (nSPS) is 10.8. The van der Waals surface area contributed by atoms with E-state index >= 15 is 0 Å². The quantitative estimate of drug-likeness (QED) is 0.457. The van der Waals surface area contributed by atoms with Crippen LogP contribution in [0.3, 0.4) is 0 Å². The van der Waals surface area contributed by atoms with Crippen LogP contribution >= 0.6 is 15.9 Å². The van der Waals surface area contributed by atoms with Gasteiger partial charge in [-0.25, -0.2) is 4.98 Å². The summed E-state index contributed by atoms with van der Waals surface area (Å²) < 4.78 is 0.912. The topological polar surface area (TPSA) is 66.1 Å². The second-order valence-electron chi connectivity index (χ2n) is 7.00. The Bertz CT molecular complexity index is 1220. The first-order chi connectivity index (χ1) is 14.6. The summed E-state index contributed by atoms with van der Waals surface area (Å²) in [6.07, 6.45) is 0.709. The molecule has 1 amide bonds. The molecule has 0 radical (unpaired) electrons. The van der Waals surface area contributed by atoms with Crippen LogP contribution in [0.5, 0.6) is 0 Å². The highest BCUT2D eigenvalue weighted by molar-refractivity contribution is 9.10. The molecule has 0 atom stereocenters. The van der Waals surface area contributed by atoms with Gasteiger partial charge in [-0.2, -0.15) is 0 Å². The molecule has 150 valence electrons. The number of carbonyl (C=O) groups is 1. The van der Waals surface area contributed by atoms with Gasteiger partial charge in [-0.05, 0) is 48.4 Å². The number of para-hydroxylation sites is 1. The molecule has 0 fully saturated rings. The number of hydrogen-bond donors (Lipinski definition) is 1. The number of H-pyrrole nitrogens is 1. The van der Waals surface area contributed by atoms with Gasteiger partial charge in [0.05, 0.1) is 17.4 Å². The van der Waals surface area contributed by atoms with E-state index in [1.807, 2.05) is 54.6 Å². The number of halogens is 1. The van der Waals surface area contributed by atoms with Crippen molar-refractivity contribution >= 4 is 32.7 Å². The molecule has 1 aromatic heterocycles. The first kappa shape index (κ1) is 20.0. The van der Waals surface area contributed by atoms with Gasteiger partial charge >= 0.3 is 0 Å². The van der Waals surface area contributed by atoms with Gasteiger partial charge < -0.3 is 9.88 Å². The Hall–Kier alpha value is -3.25. The van der Waals surface area contributed by atoms with E-state index in [2.05, 4.69) is 25.9 Å². The number of carbonyl (C=O) groups excluding carboxylic acids is 1. The molecule has 6 heteroatoms. The lowest BCUT2D eigenvalue weighted by molar-refractivity contribution is 0.0741. The summed E-state index contributed by atoms with van der Waals surface area (Å²) in [6, 6.07) is 24.5. The average molecular weight is 462 g/mol. The van der Waals surface area contributed by atoms with Crippen LogP contribution in [0.2, 0.25) is 0 Å². The molecule has 1 N–H and O–H groups in total. The van der Waals surface area contributed by atoms with E-state index in [1.54, 1.807) is 29.2 Å². The highest BCUT2D eigenvalue weighted by Gasteiger charge is 2.18. The smallest absolute Gasteiger partial charge is 0.258 e. The average Bonchev–Trinajstić information content (AvgIpc) is 2.77. The van der Waals surface area contributed by atoms with Crippen LogP contribution in [0.1, 0.15) is 21.7 Å². The number of hydrogen-bond acceptors (Lipinski definition) is 3. The van der Waals surface area contributed by atoms with Gasteiger partial charge in [-0.3, -0.25) is 9.59 Å². The van der Waals surface area contributed by atoms with Gasteiger partial charge in [-0.15, -0.1) is 0 Å². The first-order valence-electron chi connectivity index (χ1n) is 9.67. The van der Waals surface area contributed by atoms with Crippen LogP contribution < -0.4 is 5.56 Å². The second-order valence-corrected chi connectivity index (χ2v) is 7.91. The summed E-state index contributed by atoms with van der Waals surface area (Å²) in [5.74, 6) is 0.367. The van der Waals surface area contributed by atoms with Crippen molar-refractivity contribution < 1.29 is 4.79 Å². The van der Waals surface area contributed by atoms with Gasteiger partial charge in [0, 0.05) is 16.6 Å². The Morgan fingerprint density at radius 3 is 2.40 bits per heavy atom. The van der Waals surface area contributed by atoms with Crippen LogP contribution in [-0.2, 0) is 13.0 Å². The van der Waals surface area contributed by atoms with Gasteiger partial charge in [0.25, 0.3) is 11.5 Å². The molecule has 5 nitrogen and oxygen atoms in total. The number of fused-ring (bicyclic) bond motifs is 1. The summed E-state index contributed by atoms with van der Waals surface area (Å²) >= 11 is 3.40. The minimum Gasteiger partial charge on any atom is -0.331 e. The van der Waals surface area contributed by atoms with Gasteiger partial charge in [0.1, 0.15) is 5.82 Å². The lowest BCUT2D eigenvalue weighted by atomic mass is 10.1. The summed E-state index contributed by atoms with van der Waals surface area (Å²) in [5, 5.41) is 0.538. The number of nitrogens with zero attached hydrogens (tertiary/aromatic N) is 2. The Morgan fingerprint density at radius 1 is 0.933 bits per heavy atom. The molecule has 1 heterocycles. The lowest BCUT2D eigenvalue weighted by Gasteiger charge is -2.22. The van der Waals surface area contributed by atoms with Crippen molar-refractivity contribution in [2.75, 3.05) is 6.54 Å². The molecule has 0 aliphatic heterocycles. The summed E-state index contributed by atoms with van der Waals surface area (Å²) in [5.41, 5.74) is 2.16. The monoisotopic (exact) mass is 461 g/mol. The van der Waals surface area contributed by atoms with Crippen LogP contribution in [0.4, 0.5) is 0 Å². The molecule has 0 bridgehead atoms. The number of aromatic nitrogens is 2. The molecule has 0 aliphatic rings. The molecule has 0 spiro atoms. The number of benzene rings is 3. The third kappa shape index (κ3) is 4.66. The predicted octanol–water partition coefficient (Wildman–Crippen LogP) is 4.57. The Morgan fingerprint density at radius 2 is 1.63 bits per heavy atom. The predicted molar refractivity (Wildman–Crippen MR) is 121 cm³/mol. The zero-order chi connectivity index (χ0) is 20.9. The highest BCUT2D eigenvalue weighted by atomic mass is 79.9. The number of rotatable bonds is 6. The molecule has 30 heavy (non-hydrogen) atoms.